The molecule has 1 heterocycles. The monoisotopic (exact) mass is 369 g/mol. The molecule has 0 fully saturated rings. The molecule has 0 aliphatic rings. The second kappa shape index (κ2) is 8.06. The highest BCUT2D eigenvalue weighted by Gasteiger charge is 2.34. The maximum absolute atomic E-state index is 11.5. The molecule has 0 radical (unpaired) electrons. The first kappa shape index (κ1) is 18.8. The van der Waals surface area contributed by atoms with E-state index in [2.05, 4.69) is 5.32 Å². The molecule has 1 aromatic heterocycles. The van der Waals surface area contributed by atoms with Crippen LogP contribution in [-0.4, -0.2) is 17.6 Å². The number of benzene rings is 1. The van der Waals surface area contributed by atoms with Crippen molar-refractivity contribution in [2.75, 3.05) is 6.54 Å². The van der Waals surface area contributed by atoms with Crippen LogP contribution in [0.15, 0.2) is 34.7 Å². The fourth-order valence-electron chi connectivity index (χ4n) is 2.58. The molecule has 2 N–H and O–H groups in total. The molecule has 4 nitrogen and oxygen atoms in total. The van der Waals surface area contributed by atoms with E-state index in [0.717, 1.165) is 11.3 Å². The normalized spacial score (nSPS) is 11.7. The van der Waals surface area contributed by atoms with Crippen molar-refractivity contribution in [3.05, 3.63) is 46.1 Å². The number of rotatable bonds is 8. The van der Waals surface area contributed by atoms with Crippen LogP contribution in [-0.2, 0) is 11.3 Å². The minimum Gasteiger partial charge on any atom is -0.481 e. The Morgan fingerprint density at radius 3 is 2.46 bits per heavy atom. The first-order chi connectivity index (χ1) is 11.4. The van der Waals surface area contributed by atoms with Crippen molar-refractivity contribution in [1.82, 2.24) is 5.32 Å². The van der Waals surface area contributed by atoms with Gasteiger partial charge in [-0.1, -0.05) is 37.0 Å². The smallest absolute Gasteiger partial charge is 0.310 e. The fourth-order valence-corrected chi connectivity index (χ4v) is 2.88. The van der Waals surface area contributed by atoms with E-state index in [9.17, 15) is 9.90 Å². The van der Waals surface area contributed by atoms with Gasteiger partial charge >= 0.3 is 5.97 Å². The molecule has 0 amide bonds. The number of carbonyl (C=O) groups is 1. The summed E-state index contributed by atoms with van der Waals surface area (Å²) in [5.74, 6) is 0.666. The highest BCUT2D eigenvalue weighted by Crippen LogP contribution is 2.30. The van der Waals surface area contributed by atoms with Gasteiger partial charge in [0.2, 0.25) is 0 Å². The molecule has 130 valence electrons. The molecular formula is C18H21Cl2NO3. The zero-order chi connectivity index (χ0) is 17.7. The van der Waals surface area contributed by atoms with Crippen molar-refractivity contribution in [3.8, 4) is 11.3 Å². The van der Waals surface area contributed by atoms with Crippen LogP contribution < -0.4 is 5.32 Å². The summed E-state index contributed by atoms with van der Waals surface area (Å²) in [4.78, 5) is 11.5. The Bertz CT molecular complexity index is 708. The lowest BCUT2D eigenvalue weighted by molar-refractivity contribution is -0.149. The largest absolute Gasteiger partial charge is 0.481 e. The summed E-state index contributed by atoms with van der Waals surface area (Å²) < 4.78 is 5.80. The minimum atomic E-state index is -0.768. The van der Waals surface area contributed by atoms with E-state index in [4.69, 9.17) is 27.6 Å². The second-order valence-corrected chi connectivity index (χ2v) is 6.61. The maximum atomic E-state index is 11.5. The number of furan rings is 1. The molecule has 1 aromatic carbocycles. The molecule has 0 unspecified atom stereocenters. The lowest BCUT2D eigenvalue weighted by Gasteiger charge is -2.26. The molecule has 0 aliphatic carbocycles. The van der Waals surface area contributed by atoms with Gasteiger partial charge in [0.1, 0.15) is 11.5 Å². The lowest BCUT2D eigenvalue weighted by atomic mass is 9.82. The number of carboxylic acids is 1. The molecule has 0 spiro atoms. The van der Waals surface area contributed by atoms with Gasteiger partial charge in [-0.25, -0.2) is 0 Å². The van der Waals surface area contributed by atoms with Gasteiger partial charge < -0.3 is 14.8 Å². The van der Waals surface area contributed by atoms with Crippen LogP contribution in [0.4, 0.5) is 0 Å². The van der Waals surface area contributed by atoms with Crippen LogP contribution in [0, 0.1) is 5.41 Å². The summed E-state index contributed by atoms with van der Waals surface area (Å²) in [6.07, 6.45) is 1.16. The summed E-state index contributed by atoms with van der Waals surface area (Å²) in [5, 5.41) is 13.6. The second-order valence-electron chi connectivity index (χ2n) is 5.79. The average Bonchev–Trinajstić information content (AvgIpc) is 3.03. The SMILES string of the molecule is CCC(CC)(CNCc1ccc(-c2ccc(Cl)c(Cl)c2)o1)C(=O)O. The zero-order valence-electron chi connectivity index (χ0n) is 13.7. The standard InChI is InChI=1S/C18H21Cl2NO3/c1-3-18(4-2,17(22)23)11-21-10-13-6-8-16(24-13)12-5-7-14(19)15(20)9-12/h5-9,21H,3-4,10-11H2,1-2H3,(H,22,23). The van der Waals surface area contributed by atoms with Crippen LogP contribution in [0.5, 0.6) is 0 Å². The third kappa shape index (κ3) is 4.12. The van der Waals surface area contributed by atoms with Crippen LogP contribution in [0.2, 0.25) is 10.0 Å². The number of halogens is 2. The number of hydrogen-bond donors (Lipinski definition) is 2. The molecule has 6 heteroatoms. The number of hydrogen-bond acceptors (Lipinski definition) is 3. The Hall–Kier alpha value is -1.49. The number of nitrogens with one attached hydrogen (secondary N) is 1. The predicted octanol–water partition coefficient (Wildman–Crippen LogP) is 5.23. The number of carboxylic acid groups (broad SMARTS) is 1. The van der Waals surface area contributed by atoms with E-state index < -0.39 is 11.4 Å². The highest BCUT2D eigenvalue weighted by atomic mass is 35.5. The van der Waals surface area contributed by atoms with Gasteiger partial charge in [-0.3, -0.25) is 4.79 Å². The minimum absolute atomic E-state index is 0.401. The third-order valence-corrected chi connectivity index (χ3v) is 5.17. The number of aliphatic carboxylic acids is 1. The molecule has 2 rings (SSSR count). The van der Waals surface area contributed by atoms with Crippen molar-refractivity contribution < 1.29 is 14.3 Å². The van der Waals surface area contributed by atoms with Gasteiger partial charge in [-0.2, -0.15) is 0 Å². The van der Waals surface area contributed by atoms with Crippen molar-refractivity contribution in [1.29, 1.82) is 0 Å². The van der Waals surface area contributed by atoms with Crippen molar-refractivity contribution in [2.24, 2.45) is 5.41 Å². The Morgan fingerprint density at radius 1 is 1.17 bits per heavy atom. The maximum Gasteiger partial charge on any atom is 0.310 e. The van der Waals surface area contributed by atoms with Crippen LogP contribution in [0.25, 0.3) is 11.3 Å². The first-order valence-corrected chi connectivity index (χ1v) is 8.65. The Balaban J connectivity index is 2.01. The molecular weight excluding hydrogens is 349 g/mol. The molecule has 0 saturated carbocycles. The third-order valence-electron chi connectivity index (χ3n) is 4.44. The summed E-state index contributed by atoms with van der Waals surface area (Å²) in [6, 6.07) is 9.05. The van der Waals surface area contributed by atoms with Crippen molar-refractivity contribution in [3.63, 3.8) is 0 Å². The summed E-state index contributed by atoms with van der Waals surface area (Å²) in [6.45, 7) is 4.66. The summed E-state index contributed by atoms with van der Waals surface area (Å²) >= 11 is 11.9. The van der Waals surface area contributed by atoms with Gasteiger partial charge in [-0.15, -0.1) is 0 Å². The topological polar surface area (TPSA) is 62.5 Å². The Morgan fingerprint density at radius 2 is 1.88 bits per heavy atom. The molecule has 0 atom stereocenters. The summed E-state index contributed by atoms with van der Waals surface area (Å²) in [5.41, 5.74) is 0.108. The van der Waals surface area contributed by atoms with E-state index in [1.54, 1.807) is 12.1 Å². The first-order valence-electron chi connectivity index (χ1n) is 7.90. The van der Waals surface area contributed by atoms with Gasteiger partial charge in [0, 0.05) is 12.1 Å². The summed E-state index contributed by atoms with van der Waals surface area (Å²) in [7, 11) is 0. The molecule has 0 saturated heterocycles. The van der Waals surface area contributed by atoms with E-state index in [-0.39, 0.29) is 0 Å². The van der Waals surface area contributed by atoms with Crippen molar-refractivity contribution in [2.45, 2.75) is 33.2 Å². The van der Waals surface area contributed by atoms with E-state index in [0.29, 0.717) is 41.7 Å². The van der Waals surface area contributed by atoms with Crippen molar-refractivity contribution >= 4 is 29.2 Å². The van der Waals surface area contributed by atoms with Gasteiger partial charge in [-0.05, 0) is 43.2 Å². The fraction of sp³-hybridized carbons (Fsp3) is 0.389. The van der Waals surface area contributed by atoms with Crippen LogP contribution in [0.3, 0.4) is 0 Å². The molecule has 0 aliphatic heterocycles. The van der Waals surface area contributed by atoms with E-state index >= 15 is 0 Å². The predicted molar refractivity (Wildman–Crippen MR) is 96.5 cm³/mol. The van der Waals surface area contributed by atoms with Crippen LogP contribution in [0.1, 0.15) is 32.4 Å². The van der Waals surface area contributed by atoms with E-state index in [1.807, 2.05) is 32.0 Å². The van der Waals surface area contributed by atoms with E-state index in [1.165, 1.54) is 0 Å². The van der Waals surface area contributed by atoms with Gasteiger partial charge in [0.25, 0.3) is 0 Å². The molecule has 2 aromatic rings. The average molecular weight is 370 g/mol. The Kier molecular flexibility index (Phi) is 6.33. The van der Waals surface area contributed by atoms with Crippen LogP contribution >= 0.6 is 23.2 Å². The molecule has 0 bridgehead atoms. The van der Waals surface area contributed by atoms with Gasteiger partial charge in [0.05, 0.1) is 22.0 Å². The van der Waals surface area contributed by atoms with Gasteiger partial charge in [0.15, 0.2) is 0 Å². The zero-order valence-corrected chi connectivity index (χ0v) is 15.2. The molecule has 24 heavy (non-hydrogen) atoms. The highest BCUT2D eigenvalue weighted by molar-refractivity contribution is 6.42. The lowest BCUT2D eigenvalue weighted by Crippen LogP contribution is -2.39. The quantitative estimate of drug-likeness (QED) is 0.668. The Labute approximate surface area is 151 Å².